The summed E-state index contributed by atoms with van der Waals surface area (Å²) in [6, 6.07) is 11.7. The van der Waals surface area contributed by atoms with Gasteiger partial charge in [-0.2, -0.15) is 0 Å². The summed E-state index contributed by atoms with van der Waals surface area (Å²) in [5.74, 6) is 0.368. The molecule has 0 aromatic heterocycles. The van der Waals surface area contributed by atoms with E-state index in [1.807, 2.05) is 32.0 Å². The van der Waals surface area contributed by atoms with E-state index in [1.54, 1.807) is 6.92 Å². The highest BCUT2D eigenvalue weighted by Crippen LogP contribution is 2.24. The standard InChI is InChI=1S/C20H24N2O4S/c1-5-13-21-27(24,25)18-11-9-17(10-12-18)22-20(23)16(4)26-19-14(2)7-6-8-15(19)3/h5-12,16,21H,1,13H2,2-4H3,(H,22,23)/t16-/m0/s1. The largest absolute Gasteiger partial charge is 0.480 e. The Kier molecular flexibility index (Phi) is 6.76. The van der Waals surface area contributed by atoms with Crippen LogP contribution in [0.2, 0.25) is 0 Å². The van der Waals surface area contributed by atoms with Gasteiger partial charge in [-0.25, -0.2) is 13.1 Å². The Morgan fingerprint density at radius 1 is 1.15 bits per heavy atom. The molecular weight excluding hydrogens is 364 g/mol. The Morgan fingerprint density at radius 3 is 2.30 bits per heavy atom. The van der Waals surface area contributed by atoms with Gasteiger partial charge < -0.3 is 10.1 Å². The Balaban J connectivity index is 2.04. The van der Waals surface area contributed by atoms with Gasteiger partial charge in [0.15, 0.2) is 6.10 Å². The Hall–Kier alpha value is -2.64. The zero-order chi connectivity index (χ0) is 20.0. The average molecular weight is 388 g/mol. The SMILES string of the molecule is C=CCNS(=O)(=O)c1ccc(NC(=O)[C@H](C)Oc2c(C)cccc2C)cc1. The molecule has 0 aliphatic heterocycles. The zero-order valence-corrected chi connectivity index (χ0v) is 16.5. The van der Waals surface area contributed by atoms with Gasteiger partial charge >= 0.3 is 0 Å². The highest BCUT2D eigenvalue weighted by Gasteiger charge is 2.18. The highest BCUT2D eigenvalue weighted by molar-refractivity contribution is 7.89. The molecule has 0 unspecified atom stereocenters. The highest BCUT2D eigenvalue weighted by atomic mass is 32.2. The minimum absolute atomic E-state index is 0.113. The summed E-state index contributed by atoms with van der Waals surface area (Å²) < 4.78 is 32.3. The number of hydrogen-bond acceptors (Lipinski definition) is 4. The predicted octanol–water partition coefficient (Wildman–Crippen LogP) is 3.17. The molecular formula is C20H24N2O4S. The maximum atomic E-state index is 12.4. The fourth-order valence-corrected chi connectivity index (χ4v) is 3.43. The first kappa shape index (κ1) is 20.7. The molecule has 0 heterocycles. The third-order valence-corrected chi connectivity index (χ3v) is 5.36. The molecule has 2 rings (SSSR count). The topological polar surface area (TPSA) is 84.5 Å². The quantitative estimate of drug-likeness (QED) is 0.680. The predicted molar refractivity (Wildman–Crippen MR) is 106 cm³/mol. The molecule has 2 aromatic carbocycles. The van der Waals surface area contributed by atoms with Crippen LogP contribution in [0.25, 0.3) is 0 Å². The van der Waals surface area contributed by atoms with Crippen LogP contribution in [-0.4, -0.2) is 27.0 Å². The number of carbonyl (C=O) groups excluding carboxylic acids is 1. The number of anilines is 1. The summed E-state index contributed by atoms with van der Waals surface area (Å²) in [6.07, 6.45) is 0.756. The maximum absolute atomic E-state index is 12.4. The molecule has 2 aromatic rings. The molecule has 144 valence electrons. The van der Waals surface area contributed by atoms with Gasteiger partial charge in [-0.1, -0.05) is 24.3 Å². The van der Waals surface area contributed by atoms with Crippen molar-refractivity contribution in [1.82, 2.24) is 4.72 Å². The first-order valence-corrected chi connectivity index (χ1v) is 9.97. The molecule has 2 N–H and O–H groups in total. The maximum Gasteiger partial charge on any atom is 0.265 e. The Bertz CT molecular complexity index is 901. The van der Waals surface area contributed by atoms with Crippen molar-refractivity contribution in [2.24, 2.45) is 0 Å². The minimum Gasteiger partial charge on any atom is -0.480 e. The number of aryl methyl sites for hydroxylation is 2. The van der Waals surface area contributed by atoms with E-state index in [0.29, 0.717) is 11.4 Å². The van der Waals surface area contributed by atoms with Crippen LogP contribution in [0.3, 0.4) is 0 Å². The lowest BCUT2D eigenvalue weighted by atomic mass is 10.1. The van der Waals surface area contributed by atoms with E-state index in [1.165, 1.54) is 30.3 Å². The smallest absolute Gasteiger partial charge is 0.265 e. The van der Waals surface area contributed by atoms with E-state index < -0.39 is 16.1 Å². The third-order valence-electron chi connectivity index (χ3n) is 3.92. The fraction of sp³-hybridized carbons (Fsp3) is 0.250. The Morgan fingerprint density at radius 2 is 1.74 bits per heavy atom. The molecule has 0 saturated carbocycles. The molecule has 0 radical (unpaired) electrons. The first-order chi connectivity index (χ1) is 12.7. The van der Waals surface area contributed by atoms with Crippen LogP contribution in [0.4, 0.5) is 5.69 Å². The van der Waals surface area contributed by atoms with Crippen LogP contribution in [0.15, 0.2) is 60.0 Å². The van der Waals surface area contributed by atoms with E-state index in [4.69, 9.17) is 4.74 Å². The number of ether oxygens (including phenoxy) is 1. The van der Waals surface area contributed by atoms with Crippen LogP contribution in [0.1, 0.15) is 18.1 Å². The summed E-state index contributed by atoms with van der Waals surface area (Å²) in [7, 11) is -3.59. The second-order valence-electron chi connectivity index (χ2n) is 6.14. The summed E-state index contributed by atoms with van der Waals surface area (Å²) in [5, 5.41) is 2.73. The van der Waals surface area contributed by atoms with Crippen molar-refractivity contribution in [2.75, 3.05) is 11.9 Å². The van der Waals surface area contributed by atoms with Gasteiger partial charge in [0.2, 0.25) is 10.0 Å². The van der Waals surface area contributed by atoms with Crippen molar-refractivity contribution in [3.63, 3.8) is 0 Å². The summed E-state index contributed by atoms with van der Waals surface area (Å²) in [5.41, 5.74) is 2.40. The van der Waals surface area contributed by atoms with Gasteiger partial charge in [0.1, 0.15) is 5.75 Å². The molecule has 7 heteroatoms. The van der Waals surface area contributed by atoms with Gasteiger partial charge in [-0.3, -0.25) is 4.79 Å². The van der Waals surface area contributed by atoms with Crippen molar-refractivity contribution >= 4 is 21.6 Å². The normalized spacial score (nSPS) is 12.3. The number of rotatable bonds is 8. The number of carbonyl (C=O) groups is 1. The zero-order valence-electron chi connectivity index (χ0n) is 15.7. The van der Waals surface area contributed by atoms with Crippen molar-refractivity contribution in [3.8, 4) is 5.75 Å². The summed E-state index contributed by atoms with van der Waals surface area (Å²) in [6.45, 7) is 9.13. The second kappa shape index (κ2) is 8.83. The molecule has 6 nitrogen and oxygen atoms in total. The number of hydrogen-bond donors (Lipinski definition) is 2. The van der Waals surface area contributed by atoms with Gasteiger partial charge in [-0.05, 0) is 56.2 Å². The molecule has 1 amide bonds. The summed E-state index contributed by atoms with van der Waals surface area (Å²) in [4.78, 5) is 12.5. The number of para-hydroxylation sites is 1. The van der Waals surface area contributed by atoms with Gasteiger partial charge in [0.05, 0.1) is 4.90 Å². The van der Waals surface area contributed by atoms with Gasteiger partial charge in [-0.15, -0.1) is 6.58 Å². The molecule has 0 spiro atoms. The van der Waals surface area contributed by atoms with E-state index >= 15 is 0 Å². The lowest BCUT2D eigenvalue weighted by molar-refractivity contribution is -0.122. The van der Waals surface area contributed by atoms with Crippen molar-refractivity contribution in [1.29, 1.82) is 0 Å². The number of amides is 1. The summed E-state index contributed by atoms with van der Waals surface area (Å²) >= 11 is 0. The number of sulfonamides is 1. The van der Waals surface area contributed by atoms with Gasteiger partial charge in [0, 0.05) is 12.2 Å². The van der Waals surface area contributed by atoms with Crippen LogP contribution in [0.5, 0.6) is 5.75 Å². The van der Waals surface area contributed by atoms with Crippen LogP contribution >= 0.6 is 0 Å². The molecule has 27 heavy (non-hydrogen) atoms. The van der Waals surface area contributed by atoms with E-state index in [0.717, 1.165) is 11.1 Å². The van der Waals surface area contributed by atoms with E-state index in [-0.39, 0.29) is 17.3 Å². The van der Waals surface area contributed by atoms with Crippen molar-refractivity contribution in [3.05, 3.63) is 66.2 Å². The lowest BCUT2D eigenvalue weighted by Crippen LogP contribution is -2.30. The van der Waals surface area contributed by atoms with Crippen molar-refractivity contribution < 1.29 is 17.9 Å². The first-order valence-electron chi connectivity index (χ1n) is 8.49. The molecule has 1 atom stereocenters. The van der Waals surface area contributed by atoms with E-state index in [2.05, 4.69) is 16.6 Å². The fourth-order valence-electron chi connectivity index (χ4n) is 2.43. The van der Waals surface area contributed by atoms with Crippen LogP contribution in [-0.2, 0) is 14.8 Å². The van der Waals surface area contributed by atoms with Crippen LogP contribution < -0.4 is 14.8 Å². The average Bonchev–Trinajstić information content (AvgIpc) is 2.63. The monoisotopic (exact) mass is 388 g/mol. The lowest BCUT2D eigenvalue weighted by Gasteiger charge is -2.18. The molecule has 0 aliphatic rings. The molecule has 0 saturated heterocycles. The number of benzene rings is 2. The molecule has 0 bridgehead atoms. The van der Waals surface area contributed by atoms with Crippen LogP contribution in [0, 0.1) is 13.8 Å². The second-order valence-corrected chi connectivity index (χ2v) is 7.90. The van der Waals surface area contributed by atoms with E-state index in [9.17, 15) is 13.2 Å². The van der Waals surface area contributed by atoms with Crippen molar-refractivity contribution in [2.45, 2.75) is 31.8 Å². The van der Waals surface area contributed by atoms with Gasteiger partial charge in [0.25, 0.3) is 5.91 Å². The third kappa shape index (κ3) is 5.42. The Labute approximate surface area is 160 Å². The minimum atomic E-state index is -3.59. The number of nitrogens with one attached hydrogen (secondary N) is 2. The molecule has 0 aliphatic carbocycles. The molecule has 0 fully saturated rings.